The van der Waals surface area contributed by atoms with Gasteiger partial charge in [-0.3, -0.25) is 14.5 Å². The van der Waals surface area contributed by atoms with Gasteiger partial charge in [0, 0.05) is 5.69 Å². The fourth-order valence-corrected chi connectivity index (χ4v) is 1.75. The maximum absolute atomic E-state index is 12.7. The summed E-state index contributed by atoms with van der Waals surface area (Å²) in [6.07, 6.45) is -4.59. The van der Waals surface area contributed by atoms with Crippen molar-refractivity contribution < 1.29 is 27.9 Å². The molecule has 22 heavy (non-hydrogen) atoms. The van der Waals surface area contributed by atoms with Crippen molar-refractivity contribution in [3.05, 3.63) is 29.8 Å². The second-order valence-corrected chi connectivity index (χ2v) is 5.14. The van der Waals surface area contributed by atoms with Gasteiger partial charge in [0.1, 0.15) is 6.54 Å². The molecule has 0 saturated carbocycles. The van der Waals surface area contributed by atoms with Crippen LogP contribution in [0.3, 0.4) is 0 Å². The standard InChI is InChI=1S/C14H17F3N2O3/c1-8(2)12(18)13(22)19(7-11(20)21)10-5-3-4-9(6-10)14(15,16)17/h3-6,8,12H,7,18H2,1-2H3,(H,20,21). The molecule has 1 atom stereocenters. The minimum atomic E-state index is -4.59. The lowest BCUT2D eigenvalue weighted by atomic mass is 10.0. The summed E-state index contributed by atoms with van der Waals surface area (Å²) in [4.78, 5) is 23.9. The van der Waals surface area contributed by atoms with Crippen LogP contribution in [0.1, 0.15) is 19.4 Å². The van der Waals surface area contributed by atoms with E-state index in [0.717, 1.165) is 23.1 Å². The summed E-state index contributed by atoms with van der Waals surface area (Å²) < 4.78 is 38.2. The number of carboxylic acids is 1. The molecule has 0 saturated heterocycles. The number of rotatable bonds is 5. The zero-order valence-electron chi connectivity index (χ0n) is 12.1. The Morgan fingerprint density at radius 2 is 1.91 bits per heavy atom. The maximum atomic E-state index is 12.7. The Labute approximate surface area is 125 Å². The van der Waals surface area contributed by atoms with Gasteiger partial charge in [0.2, 0.25) is 5.91 Å². The first-order valence-corrected chi connectivity index (χ1v) is 6.50. The summed E-state index contributed by atoms with van der Waals surface area (Å²) in [5.74, 6) is -2.37. The van der Waals surface area contributed by atoms with E-state index in [9.17, 15) is 22.8 Å². The van der Waals surface area contributed by atoms with E-state index in [2.05, 4.69) is 0 Å². The van der Waals surface area contributed by atoms with Crippen LogP contribution < -0.4 is 10.6 Å². The average Bonchev–Trinajstić information content (AvgIpc) is 2.42. The van der Waals surface area contributed by atoms with E-state index < -0.39 is 36.2 Å². The quantitative estimate of drug-likeness (QED) is 0.871. The molecule has 0 spiro atoms. The van der Waals surface area contributed by atoms with E-state index in [1.165, 1.54) is 6.07 Å². The van der Waals surface area contributed by atoms with Crippen LogP contribution in [0, 0.1) is 5.92 Å². The van der Waals surface area contributed by atoms with Gasteiger partial charge in [0.15, 0.2) is 0 Å². The first-order chi connectivity index (χ1) is 10.0. The second-order valence-electron chi connectivity index (χ2n) is 5.14. The van der Waals surface area contributed by atoms with Crippen molar-refractivity contribution in [3.63, 3.8) is 0 Å². The number of anilines is 1. The molecule has 0 heterocycles. The Morgan fingerprint density at radius 3 is 2.36 bits per heavy atom. The molecule has 0 fully saturated rings. The molecule has 1 rings (SSSR count). The number of amides is 1. The second kappa shape index (κ2) is 6.78. The lowest BCUT2D eigenvalue weighted by Crippen LogP contribution is -2.48. The predicted octanol–water partition coefficient (Wildman–Crippen LogP) is 2.11. The van der Waals surface area contributed by atoms with E-state index in [0.29, 0.717) is 0 Å². The van der Waals surface area contributed by atoms with Gasteiger partial charge in [0.25, 0.3) is 0 Å². The number of hydrogen-bond donors (Lipinski definition) is 2. The van der Waals surface area contributed by atoms with Gasteiger partial charge in [-0.1, -0.05) is 19.9 Å². The van der Waals surface area contributed by atoms with Crippen molar-refractivity contribution in [2.45, 2.75) is 26.1 Å². The highest BCUT2D eigenvalue weighted by molar-refractivity contribution is 6.00. The Hall–Kier alpha value is -2.09. The number of nitrogens with two attached hydrogens (primary N) is 1. The molecule has 1 unspecified atom stereocenters. The summed E-state index contributed by atoms with van der Waals surface area (Å²) in [6, 6.07) is 2.92. The number of hydrogen-bond acceptors (Lipinski definition) is 3. The topological polar surface area (TPSA) is 83.6 Å². The predicted molar refractivity (Wildman–Crippen MR) is 74.2 cm³/mol. The molecule has 0 aliphatic carbocycles. The molecule has 1 aromatic rings. The highest BCUT2D eigenvalue weighted by Gasteiger charge is 2.32. The van der Waals surface area contributed by atoms with E-state index >= 15 is 0 Å². The van der Waals surface area contributed by atoms with Gasteiger partial charge in [-0.25, -0.2) is 0 Å². The Morgan fingerprint density at radius 1 is 1.32 bits per heavy atom. The smallest absolute Gasteiger partial charge is 0.416 e. The van der Waals surface area contributed by atoms with Gasteiger partial charge in [-0.05, 0) is 24.1 Å². The van der Waals surface area contributed by atoms with Crippen LogP contribution in [-0.2, 0) is 15.8 Å². The van der Waals surface area contributed by atoms with Crippen LogP contribution in [-0.4, -0.2) is 29.6 Å². The monoisotopic (exact) mass is 318 g/mol. The molecule has 122 valence electrons. The third-order valence-electron chi connectivity index (χ3n) is 3.05. The molecular weight excluding hydrogens is 301 g/mol. The molecule has 0 aliphatic heterocycles. The van der Waals surface area contributed by atoms with Gasteiger partial charge in [-0.15, -0.1) is 0 Å². The number of alkyl halides is 3. The number of carbonyl (C=O) groups excluding carboxylic acids is 1. The summed E-state index contributed by atoms with van der Waals surface area (Å²) in [5.41, 5.74) is 4.57. The summed E-state index contributed by atoms with van der Waals surface area (Å²) >= 11 is 0. The van der Waals surface area contributed by atoms with Gasteiger partial charge < -0.3 is 10.8 Å². The molecular formula is C14H17F3N2O3. The molecule has 0 aliphatic rings. The molecule has 0 aromatic heterocycles. The molecule has 8 heteroatoms. The third kappa shape index (κ3) is 4.45. The number of halogens is 3. The van der Waals surface area contributed by atoms with Gasteiger partial charge >= 0.3 is 12.1 Å². The van der Waals surface area contributed by atoms with E-state index in [1.54, 1.807) is 13.8 Å². The van der Waals surface area contributed by atoms with Crippen molar-refractivity contribution in [3.8, 4) is 0 Å². The minimum Gasteiger partial charge on any atom is -0.480 e. The molecule has 5 nitrogen and oxygen atoms in total. The molecule has 0 bridgehead atoms. The number of carbonyl (C=O) groups is 2. The first-order valence-electron chi connectivity index (χ1n) is 6.50. The normalized spacial score (nSPS) is 13.0. The fraction of sp³-hybridized carbons (Fsp3) is 0.429. The zero-order valence-corrected chi connectivity index (χ0v) is 12.1. The van der Waals surface area contributed by atoms with Crippen LogP contribution in [0.15, 0.2) is 24.3 Å². The highest BCUT2D eigenvalue weighted by Crippen LogP contribution is 2.31. The van der Waals surface area contributed by atoms with Crippen molar-refractivity contribution in [2.75, 3.05) is 11.4 Å². The number of carboxylic acid groups (broad SMARTS) is 1. The van der Waals surface area contributed by atoms with Crippen LogP contribution in [0.4, 0.5) is 18.9 Å². The maximum Gasteiger partial charge on any atom is 0.416 e. The molecule has 0 radical (unpaired) electrons. The first kappa shape index (κ1) is 18.0. The third-order valence-corrected chi connectivity index (χ3v) is 3.05. The number of benzene rings is 1. The molecule has 1 amide bonds. The zero-order chi connectivity index (χ0) is 17.1. The Bertz CT molecular complexity index is 559. The van der Waals surface area contributed by atoms with Gasteiger partial charge in [-0.2, -0.15) is 13.2 Å². The lowest BCUT2D eigenvalue weighted by molar-refractivity contribution is -0.137. The van der Waals surface area contributed by atoms with Crippen LogP contribution in [0.5, 0.6) is 0 Å². The Kier molecular flexibility index (Phi) is 5.54. The van der Waals surface area contributed by atoms with Gasteiger partial charge in [0.05, 0.1) is 11.6 Å². The largest absolute Gasteiger partial charge is 0.480 e. The van der Waals surface area contributed by atoms with Crippen LogP contribution in [0.2, 0.25) is 0 Å². The SMILES string of the molecule is CC(C)C(N)C(=O)N(CC(=O)O)c1cccc(C(F)(F)F)c1. The summed E-state index contributed by atoms with van der Waals surface area (Å²) in [6.45, 7) is 2.56. The van der Waals surface area contributed by atoms with E-state index in [1.807, 2.05) is 0 Å². The van der Waals surface area contributed by atoms with E-state index in [-0.39, 0.29) is 11.6 Å². The minimum absolute atomic E-state index is 0.154. The van der Waals surface area contributed by atoms with Crippen molar-refractivity contribution >= 4 is 17.6 Å². The number of aliphatic carboxylic acids is 1. The summed E-state index contributed by atoms with van der Waals surface area (Å²) in [5, 5.41) is 8.89. The van der Waals surface area contributed by atoms with Crippen LogP contribution >= 0.6 is 0 Å². The average molecular weight is 318 g/mol. The lowest BCUT2D eigenvalue weighted by Gasteiger charge is -2.26. The molecule has 1 aromatic carbocycles. The fourth-order valence-electron chi connectivity index (χ4n) is 1.75. The van der Waals surface area contributed by atoms with Crippen LogP contribution in [0.25, 0.3) is 0 Å². The molecule has 3 N–H and O–H groups in total. The van der Waals surface area contributed by atoms with Crippen molar-refractivity contribution in [1.82, 2.24) is 0 Å². The van der Waals surface area contributed by atoms with Crippen molar-refractivity contribution in [1.29, 1.82) is 0 Å². The highest BCUT2D eigenvalue weighted by atomic mass is 19.4. The summed E-state index contributed by atoms with van der Waals surface area (Å²) in [7, 11) is 0. The van der Waals surface area contributed by atoms with Crippen molar-refractivity contribution in [2.24, 2.45) is 11.7 Å². The van der Waals surface area contributed by atoms with E-state index in [4.69, 9.17) is 10.8 Å². The Balaban J connectivity index is 3.23. The number of nitrogens with zero attached hydrogens (tertiary/aromatic N) is 1.